The maximum Gasteiger partial charge on any atom is 0.235 e. The second-order valence-corrected chi connectivity index (χ2v) is 15.4. The summed E-state index contributed by atoms with van der Waals surface area (Å²) in [4.78, 5) is 21.2. The lowest BCUT2D eigenvalue weighted by atomic mass is 10.2. The standard InChI is InChI=1S/C45H90N6O6/c1-7-13-19-25-31-52-37-49(38-53-32-26-20-14-8-2)43-46-44(50(39-54-33-27-21-15-9-3)40-55-34-28-22-16-10-4)48-45(47-43)51(41-56-35-29-23-17-11-5)42-57-36-30-24-18-12-6/h7-42H2,1-6H3. The topological polar surface area (TPSA) is 104 Å². The second kappa shape index (κ2) is 40.9. The van der Waals surface area contributed by atoms with Crippen LogP contribution >= 0.6 is 0 Å². The van der Waals surface area contributed by atoms with Gasteiger partial charge in [-0.15, -0.1) is 0 Å². The van der Waals surface area contributed by atoms with Gasteiger partial charge in [0.25, 0.3) is 0 Å². The monoisotopic (exact) mass is 811 g/mol. The number of anilines is 3. The molecule has 0 aliphatic rings. The summed E-state index contributed by atoms with van der Waals surface area (Å²) in [5.74, 6) is 1.47. The third-order valence-electron chi connectivity index (χ3n) is 9.78. The molecular weight excluding hydrogens is 721 g/mol. The summed E-state index contributed by atoms with van der Waals surface area (Å²) >= 11 is 0. The Labute approximate surface area is 350 Å². The van der Waals surface area contributed by atoms with Gasteiger partial charge in [-0.3, -0.25) is 14.7 Å². The van der Waals surface area contributed by atoms with E-state index < -0.39 is 0 Å². The molecule has 12 heteroatoms. The van der Waals surface area contributed by atoms with Crippen molar-refractivity contribution < 1.29 is 28.4 Å². The van der Waals surface area contributed by atoms with Gasteiger partial charge in [-0.25, -0.2) is 0 Å². The third-order valence-corrected chi connectivity index (χ3v) is 9.78. The van der Waals surface area contributed by atoms with Crippen LogP contribution in [-0.2, 0) is 28.4 Å². The fourth-order valence-electron chi connectivity index (χ4n) is 6.06. The SMILES string of the molecule is CCCCCCOCN(COCCCCCC)c1nc(N(COCCCCCC)COCCCCCC)nc(N(COCCCCCC)COCCCCCC)n1. The van der Waals surface area contributed by atoms with Crippen molar-refractivity contribution in [2.45, 2.75) is 196 Å². The van der Waals surface area contributed by atoms with E-state index in [0.29, 0.717) is 97.9 Å². The minimum Gasteiger partial charge on any atom is -0.361 e. The minimum atomic E-state index is 0.313. The first-order chi connectivity index (χ1) is 28.1. The van der Waals surface area contributed by atoms with Crippen LogP contribution in [0.25, 0.3) is 0 Å². The van der Waals surface area contributed by atoms with Crippen LogP contribution in [-0.4, -0.2) is 95.0 Å². The number of rotatable bonds is 45. The molecule has 0 aliphatic carbocycles. The first kappa shape index (κ1) is 53.2. The molecule has 1 aromatic rings. The maximum atomic E-state index is 6.26. The first-order valence-corrected chi connectivity index (χ1v) is 23.6. The fraction of sp³-hybridized carbons (Fsp3) is 0.933. The van der Waals surface area contributed by atoms with Crippen LogP contribution in [0.15, 0.2) is 0 Å². The van der Waals surface area contributed by atoms with Gasteiger partial charge in [-0.05, 0) is 38.5 Å². The molecule has 57 heavy (non-hydrogen) atoms. The molecule has 336 valence electrons. The maximum absolute atomic E-state index is 6.26. The normalized spacial score (nSPS) is 11.5. The van der Waals surface area contributed by atoms with E-state index in [1.54, 1.807) is 0 Å². The number of nitrogens with zero attached hydrogens (tertiary/aromatic N) is 6. The zero-order valence-corrected chi connectivity index (χ0v) is 38.1. The van der Waals surface area contributed by atoms with Crippen molar-refractivity contribution >= 4 is 17.8 Å². The lowest BCUT2D eigenvalue weighted by Crippen LogP contribution is -2.37. The Kier molecular flexibility index (Phi) is 38.2. The highest BCUT2D eigenvalue weighted by atomic mass is 16.5. The Hall–Kier alpha value is -1.83. The van der Waals surface area contributed by atoms with Crippen LogP contribution in [0.5, 0.6) is 0 Å². The van der Waals surface area contributed by atoms with E-state index >= 15 is 0 Å². The molecule has 0 unspecified atom stereocenters. The number of unbranched alkanes of at least 4 members (excludes halogenated alkanes) is 18. The fourth-order valence-corrected chi connectivity index (χ4v) is 6.06. The van der Waals surface area contributed by atoms with Crippen molar-refractivity contribution in [2.75, 3.05) is 94.7 Å². The van der Waals surface area contributed by atoms with Crippen molar-refractivity contribution in [3.8, 4) is 0 Å². The van der Waals surface area contributed by atoms with Crippen LogP contribution in [0.2, 0.25) is 0 Å². The Morgan fingerprint density at radius 3 is 0.596 bits per heavy atom. The Morgan fingerprint density at radius 1 is 0.263 bits per heavy atom. The highest BCUT2D eigenvalue weighted by molar-refractivity contribution is 5.45. The molecular formula is C45H90N6O6. The van der Waals surface area contributed by atoms with E-state index in [4.69, 9.17) is 43.4 Å². The van der Waals surface area contributed by atoms with Gasteiger partial charge in [0.05, 0.1) is 0 Å². The summed E-state index contributed by atoms with van der Waals surface area (Å²) < 4.78 is 37.6. The van der Waals surface area contributed by atoms with Gasteiger partial charge in [0.15, 0.2) is 0 Å². The number of aromatic nitrogens is 3. The molecule has 1 rings (SSSR count). The van der Waals surface area contributed by atoms with E-state index in [1.807, 2.05) is 14.7 Å². The van der Waals surface area contributed by atoms with E-state index in [2.05, 4.69) is 41.5 Å². The third kappa shape index (κ3) is 29.9. The average molecular weight is 811 g/mol. The van der Waals surface area contributed by atoms with Gasteiger partial charge in [-0.1, -0.05) is 157 Å². The van der Waals surface area contributed by atoms with Crippen molar-refractivity contribution in [2.24, 2.45) is 0 Å². The predicted octanol–water partition coefficient (Wildman–Crippen LogP) is 11.6. The molecule has 0 N–H and O–H groups in total. The van der Waals surface area contributed by atoms with Crippen molar-refractivity contribution in [3.63, 3.8) is 0 Å². The smallest absolute Gasteiger partial charge is 0.235 e. The van der Waals surface area contributed by atoms with E-state index in [0.717, 1.165) is 77.0 Å². The summed E-state index contributed by atoms with van der Waals surface area (Å²) in [6.45, 7) is 19.3. The lowest BCUT2D eigenvalue weighted by Gasteiger charge is -2.29. The van der Waals surface area contributed by atoms with Gasteiger partial charge < -0.3 is 28.4 Å². The Bertz CT molecular complexity index is 803. The van der Waals surface area contributed by atoms with Gasteiger partial charge >= 0.3 is 0 Å². The van der Waals surface area contributed by atoms with E-state index in [1.165, 1.54) is 77.0 Å². The molecule has 0 saturated heterocycles. The van der Waals surface area contributed by atoms with E-state index in [-0.39, 0.29) is 0 Å². The minimum absolute atomic E-state index is 0.313. The van der Waals surface area contributed by atoms with Crippen LogP contribution in [0.3, 0.4) is 0 Å². The molecule has 0 fully saturated rings. The van der Waals surface area contributed by atoms with Crippen LogP contribution < -0.4 is 14.7 Å². The molecule has 12 nitrogen and oxygen atoms in total. The number of ether oxygens (including phenoxy) is 6. The van der Waals surface area contributed by atoms with Crippen molar-refractivity contribution in [1.82, 2.24) is 15.0 Å². The van der Waals surface area contributed by atoms with Gasteiger partial charge in [0.1, 0.15) is 40.4 Å². The van der Waals surface area contributed by atoms with Crippen molar-refractivity contribution in [1.29, 1.82) is 0 Å². The summed E-state index contributed by atoms with van der Waals surface area (Å²) in [5, 5.41) is 0. The Balaban J connectivity index is 3.53. The number of hydrogen-bond acceptors (Lipinski definition) is 12. The highest BCUT2D eigenvalue weighted by Crippen LogP contribution is 2.21. The zero-order chi connectivity index (χ0) is 41.3. The average Bonchev–Trinajstić information content (AvgIpc) is 3.22. The molecule has 1 heterocycles. The summed E-state index contributed by atoms with van der Waals surface area (Å²) in [5.41, 5.74) is 0. The summed E-state index contributed by atoms with van der Waals surface area (Å²) in [6, 6.07) is 0. The summed E-state index contributed by atoms with van der Waals surface area (Å²) in [6.07, 6.45) is 27.5. The second-order valence-electron chi connectivity index (χ2n) is 15.4. The molecule has 0 aromatic carbocycles. The predicted molar refractivity (Wildman–Crippen MR) is 237 cm³/mol. The zero-order valence-electron chi connectivity index (χ0n) is 38.1. The molecule has 0 bridgehead atoms. The largest absolute Gasteiger partial charge is 0.361 e. The van der Waals surface area contributed by atoms with Gasteiger partial charge in [0, 0.05) is 39.6 Å². The molecule has 0 atom stereocenters. The van der Waals surface area contributed by atoms with Gasteiger partial charge in [-0.2, -0.15) is 15.0 Å². The molecule has 0 radical (unpaired) electrons. The lowest BCUT2D eigenvalue weighted by molar-refractivity contribution is 0.0769. The highest BCUT2D eigenvalue weighted by Gasteiger charge is 2.22. The number of hydrogen-bond donors (Lipinski definition) is 0. The molecule has 1 aromatic heterocycles. The molecule has 0 spiro atoms. The molecule has 0 aliphatic heterocycles. The first-order valence-electron chi connectivity index (χ1n) is 23.6. The molecule has 0 amide bonds. The Morgan fingerprint density at radius 2 is 0.439 bits per heavy atom. The van der Waals surface area contributed by atoms with Crippen LogP contribution in [0.4, 0.5) is 17.8 Å². The van der Waals surface area contributed by atoms with Crippen molar-refractivity contribution in [3.05, 3.63) is 0 Å². The van der Waals surface area contributed by atoms with Crippen LogP contribution in [0, 0.1) is 0 Å². The van der Waals surface area contributed by atoms with Crippen LogP contribution in [0.1, 0.15) is 196 Å². The van der Waals surface area contributed by atoms with Gasteiger partial charge in [0.2, 0.25) is 17.8 Å². The summed E-state index contributed by atoms with van der Waals surface area (Å²) in [7, 11) is 0. The quantitative estimate of drug-likeness (QED) is 0.0463. The van der Waals surface area contributed by atoms with E-state index in [9.17, 15) is 0 Å². The molecule has 0 saturated carbocycles.